The van der Waals surface area contributed by atoms with Crippen molar-refractivity contribution in [3.05, 3.63) is 52.8 Å². The maximum absolute atomic E-state index is 8.86. The quantitative estimate of drug-likeness (QED) is 0.684. The molecular weight excluding hydrogens is 302 g/mol. The summed E-state index contributed by atoms with van der Waals surface area (Å²) < 4.78 is 2.95. The minimum atomic E-state index is 0.665. The molecule has 3 nitrogen and oxygen atoms in total. The van der Waals surface area contributed by atoms with Crippen LogP contribution in [-0.2, 0) is 7.05 Å². The minimum Gasteiger partial charge on any atom is -0.336 e. The molecule has 3 aromatic rings. The zero-order chi connectivity index (χ0) is 13.4. The van der Waals surface area contributed by atoms with Crippen molar-refractivity contribution in [1.82, 2.24) is 9.55 Å². The largest absolute Gasteiger partial charge is 0.336 e. The van der Waals surface area contributed by atoms with Crippen molar-refractivity contribution in [3.63, 3.8) is 0 Å². The van der Waals surface area contributed by atoms with E-state index in [0.717, 1.165) is 26.6 Å². The van der Waals surface area contributed by atoms with E-state index in [2.05, 4.69) is 33.0 Å². The fraction of sp³-hybridized carbons (Fsp3) is 0.0667. The molecule has 0 aliphatic carbocycles. The number of hydrogen-bond donors (Lipinski definition) is 0. The van der Waals surface area contributed by atoms with Gasteiger partial charge in [-0.2, -0.15) is 5.26 Å². The van der Waals surface area contributed by atoms with Gasteiger partial charge in [0, 0.05) is 34.9 Å². The summed E-state index contributed by atoms with van der Waals surface area (Å²) >= 11 is 3.56. The molecule has 0 atom stereocenters. The van der Waals surface area contributed by atoms with E-state index >= 15 is 0 Å². The normalized spacial score (nSPS) is 10.6. The summed E-state index contributed by atoms with van der Waals surface area (Å²) in [5.74, 6) is 0. The first-order valence-corrected chi connectivity index (χ1v) is 6.60. The van der Waals surface area contributed by atoms with Gasteiger partial charge in [0.25, 0.3) is 0 Å². The van der Waals surface area contributed by atoms with E-state index in [1.54, 1.807) is 0 Å². The van der Waals surface area contributed by atoms with Crippen LogP contribution in [0.3, 0.4) is 0 Å². The number of benzene rings is 1. The number of pyridine rings is 1. The number of hydrogen-bond acceptors (Lipinski definition) is 2. The van der Waals surface area contributed by atoms with Gasteiger partial charge in [-0.1, -0.05) is 12.1 Å². The van der Waals surface area contributed by atoms with Crippen LogP contribution in [0.25, 0.3) is 22.2 Å². The lowest BCUT2D eigenvalue weighted by atomic mass is 10.0. The van der Waals surface area contributed by atoms with E-state index in [0.29, 0.717) is 5.56 Å². The van der Waals surface area contributed by atoms with Crippen LogP contribution in [0.2, 0.25) is 0 Å². The van der Waals surface area contributed by atoms with Crippen molar-refractivity contribution in [1.29, 1.82) is 5.26 Å². The predicted molar refractivity (Wildman–Crippen MR) is 78.6 cm³/mol. The molecule has 19 heavy (non-hydrogen) atoms. The van der Waals surface area contributed by atoms with Crippen molar-refractivity contribution < 1.29 is 0 Å². The van der Waals surface area contributed by atoms with Crippen LogP contribution in [0.15, 0.2) is 47.2 Å². The van der Waals surface area contributed by atoms with Crippen LogP contribution in [-0.4, -0.2) is 9.55 Å². The monoisotopic (exact) mass is 311 g/mol. The highest BCUT2D eigenvalue weighted by Crippen LogP contribution is 2.34. The van der Waals surface area contributed by atoms with Gasteiger partial charge in [-0.25, -0.2) is 4.98 Å². The lowest BCUT2D eigenvalue weighted by molar-refractivity contribution is 0.948. The third kappa shape index (κ3) is 1.92. The second-order valence-electron chi connectivity index (χ2n) is 4.33. The Balaban J connectivity index is 2.28. The molecule has 0 amide bonds. The van der Waals surface area contributed by atoms with Gasteiger partial charge in [0.1, 0.15) is 5.65 Å². The summed E-state index contributed by atoms with van der Waals surface area (Å²) in [4.78, 5) is 4.42. The van der Waals surface area contributed by atoms with E-state index in [1.165, 1.54) is 0 Å². The van der Waals surface area contributed by atoms with E-state index < -0.39 is 0 Å². The van der Waals surface area contributed by atoms with Gasteiger partial charge in [0.2, 0.25) is 0 Å². The Bertz CT molecular complexity index is 795. The number of aryl methyl sites for hydroxylation is 1. The zero-order valence-corrected chi connectivity index (χ0v) is 11.8. The molecule has 0 aliphatic rings. The maximum atomic E-state index is 8.86. The van der Waals surface area contributed by atoms with Crippen molar-refractivity contribution in [2.24, 2.45) is 7.05 Å². The van der Waals surface area contributed by atoms with Gasteiger partial charge in [-0.05, 0) is 39.7 Å². The predicted octanol–water partition coefficient (Wildman–Crippen LogP) is 3.87. The average Bonchev–Trinajstić information content (AvgIpc) is 2.80. The van der Waals surface area contributed by atoms with Gasteiger partial charge < -0.3 is 4.57 Å². The summed E-state index contributed by atoms with van der Waals surface area (Å²) in [6.45, 7) is 0. The van der Waals surface area contributed by atoms with E-state index in [-0.39, 0.29) is 0 Å². The van der Waals surface area contributed by atoms with Gasteiger partial charge in [-0.3, -0.25) is 0 Å². The molecule has 0 bridgehead atoms. The molecular formula is C15H10BrN3. The van der Waals surface area contributed by atoms with Crippen molar-refractivity contribution in [2.45, 2.75) is 0 Å². The molecule has 2 aromatic heterocycles. The first kappa shape index (κ1) is 11.9. The Morgan fingerprint density at radius 2 is 1.95 bits per heavy atom. The van der Waals surface area contributed by atoms with Crippen LogP contribution in [0, 0.1) is 11.3 Å². The molecule has 0 saturated heterocycles. The fourth-order valence-electron chi connectivity index (χ4n) is 2.19. The SMILES string of the molecule is Cn1ccc2c(-c3ccc(C#N)cc3)c(Br)cnc21. The van der Waals surface area contributed by atoms with E-state index in [9.17, 15) is 0 Å². The lowest BCUT2D eigenvalue weighted by Crippen LogP contribution is -1.90. The first-order chi connectivity index (χ1) is 9.20. The highest BCUT2D eigenvalue weighted by Gasteiger charge is 2.11. The summed E-state index contributed by atoms with van der Waals surface area (Å²) in [7, 11) is 1.98. The standard InChI is InChI=1S/C15H10BrN3/c1-19-7-6-12-14(13(16)9-18-15(12)19)11-4-2-10(8-17)3-5-11/h2-7,9H,1H3. The van der Waals surface area contributed by atoms with Gasteiger partial charge in [-0.15, -0.1) is 0 Å². The number of nitriles is 1. The second kappa shape index (κ2) is 4.52. The summed E-state index contributed by atoms with van der Waals surface area (Å²) in [6, 6.07) is 11.8. The number of fused-ring (bicyclic) bond motifs is 1. The number of nitrogens with zero attached hydrogens (tertiary/aromatic N) is 3. The second-order valence-corrected chi connectivity index (χ2v) is 5.19. The fourth-order valence-corrected chi connectivity index (χ4v) is 2.74. The van der Waals surface area contributed by atoms with Gasteiger partial charge in [0.15, 0.2) is 0 Å². The first-order valence-electron chi connectivity index (χ1n) is 5.81. The number of rotatable bonds is 1. The number of halogens is 1. The van der Waals surface area contributed by atoms with Crippen molar-refractivity contribution in [2.75, 3.05) is 0 Å². The third-order valence-corrected chi connectivity index (χ3v) is 3.75. The molecule has 0 radical (unpaired) electrons. The molecule has 4 heteroatoms. The molecule has 92 valence electrons. The summed E-state index contributed by atoms with van der Waals surface area (Å²) in [5, 5.41) is 9.95. The molecule has 0 unspecified atom stereocenters. The number of aromatic nitrogens is 2. The van der Waals surface area contributed by atoms with Crippen LogP contribution in [0.5, 0.6) is 0 Å². The molecule has 0 fully saturated rings. The zero-order valence-electron chi connectivity index (χ0n) is 10.3. The van der Waals surface area contributed by atoms with E-state index in [4.69, 9.17) is 5.26 Å². The molecule has 0 saturated carbocycles. The molecule has 0 aliphatic heterocycles. The molecule has 1 aromatic carbocycles. The Kier molecular flexibility index (Phi) is 2.84. The molecule has 0 N–H and O–H groups in total. The summed E-state index contributed by atoms with van der Waals surface area (Å²) in [6.07, 6.45) is 3.81. The van der Waals surface area contributed by atoms with Crippen LogP contribution >= 0.6 is 15.9 Å². The molecule has 3 rings (SSSR count). The smallest absolute Gasteiger partial charge is 0.140 e. The molecule has 2 heterocycles. The molecule has 0 spiro atoms. The minimum absolute atomic E-state index is 0.665. The topological polar surface area (TPSA) is 41.6 Å². The highest BCUT2D eigenvalue weighted by molar-refractivity contribution is 9.10. The Morgan fingerprint density at radius 1 is 1.21 bits per heavy atom. The van der Waals surface area contributed by atoms with Gasteiger partial charge in [0.05, 0.1) is 11.6 Å². The van der Waals surface area contributed by atoms with Gasteiger partial charge >= 0.3 is 0 Å². The summed E-state index contributed by atoms with van der Waals surface area (Å²) in [5.41, 5.74) is 3.79. The lowest BCUT2D eigenvalue weighted by Gasteiger charge is -2.07. The third-order valence-electron chi connectivity index (χ3n) is 3.15. The van der Waals surface area contributed by atoms with Crippen molar-refractivity contribution in [3.8, 4) is 17.2 Å². The van der Waals surface area contributed by atoms with E-state index in [1.807, 2.05) is 48.3 Å². The average molecular weight is 312 g/mol. The van der Waals surface area contributed by atoms with Crippen LogP contribution < -0.4 is 0 Å². The Labute approximate surface area is 119 Å². The van der Waals surface area contributed by atoms with Crippen molar-refractivity contribution >= 4 is 27.0 Å². The maximum Gasteiger partial charge on any atom is 0.140 e. The van der Waals surface area contributed by atoms with Crippen LogP contribution in [0.4, 0.5) is 0 Å². The Hall–Kier alpha value is -2.12. The highest BCUT2D eigenvalue weighted by atomic mass is 79.9. The van der Waals surface area contributed by atoms with Crippen LogP contribution in [0.1, 0.15) is 5.56 Å². The Morgan fingerprint density at radius 3 is 2.63 bits per heavy atom.